The van der Waals surface area contributed by atoms with E-state index in [2.05, 4.69) is 20.6 Å². The van der Waals surface area contributed by atoms with Gasteiger partial charge in [0, 0.05) is 6.21 Å². The second-order valence-electron chi connectivity index (χ2n) is 2.68. The van der Waals surface area contributed by atoms with E-state index in [9.17, 15) is 4.79 Å². The highest BCUT2D eigenvalue weighted by Crippen LogP contribution is 2.03. The predicted octanol–water partition coefficient (Wildman–Crippen LogP) is -2.18. The van der Waals surface area contributed by atoms with E-state index >= 15 is 0 Å². The fourth-order valence-electron chi connectivity index (χ4n) is 1.23. The van der Waals surface area contributed by atoms with Crippen LogP contribution in [0.2, 0.25) is 0 Å². The van der Waals surface area contributed by atoms with Gasteiger partial charge in [0.1, 0.15) is 5.84 Å². The summed E-state index contributed by atoms with van der Waals surface area (Å²) in [4.78, 5) is 19.3. The Hall–Kier alpha value is -1.47. The predicted molar refractivity (Wildman–Crippen MR) is 44.6 cm³/mol. The lowest BCUT2D eigenvalue weighted by Gasteiger charge is -2.30. The number of nitrogens with zero attached hydrogens (tertiary/aromatic N) is 2. The van der Waals surface area contributed by atoms with Crippen molar-refractivity contribution in [2.24, 2.45) is 9.98 Å². The third kappa shape index (κ3) is 1.38. The maximum Gasteiger partial charge on any atom is 0.255 e. The minimum absolute atomic E-state index is 0.278. The van der Waals surface area contributed by atoms with Crippen LogP contribution >= 0.6 is 0 Å². The van der Waals surface area contributed by atoms with E-state index in [1.165, 1.54) is 0 Å². The molecule has 7 nitrogen and oxygen atoms in total. The van der Waals surface area contributed by atoms with Crippen LogP contribution in [0.5, 0.6) is 0 Å². The first kappa shape index (κ1) is 8.14. The van der Waals surface area contributed by atoms with Crippen molar-refractivity contribution in [1.29, 1.82) is 0 Å². The number of fused-ring (bicyclic) bond motifs is 1. The van der Waals surface area contributed by atoms with Crippen LogP contribution in [0.4, 0.5) is 0 Å². The summed E-state index contributed by atoms with van der Waals surface area (Å²) in [6, 6.07) is -0.585. The van der Waals surface area contributed by atoms with Crippen molar-refractivity contribution in [2.75, 3.05) is 6.54 Å². The minimum atomic E-state index is -0.684. The number of aliphatic imine (C=N–C) groups is 2. The molecular weight excluding hydrogens is 174 g/mol. The van der Waals surface area contributed by atoms with Crippen molar-refractivity contribution in [3.63, 3.8) is 0 Å². The Morgan fingerprint density at radius 3 is 3.23 bits per heavy atom. The quantitative estimate of drug-likeness (QED) is 0.347. The van der Waals surface area contributed by atoms with Crippen molar-refractivity contribution in [1.82, 2.24) is 16.1 Å². The molecular formula is C6H9N5O2. The zero-order valence-corrected chi connectivity index (χ0v) is 6.69. The van der Waals surface area contributed by atoms with Crippen LogP contribution in [0.3, 0.4) is 0 Å². The summed E-state index contributed by atoms with van der Waals surface area (Å²) < 4.78 is 0. The highest BCUT2D eigenvalue weighted by atomic mass is 16.5. The number of amidine groups is 1. The zero-order valence-electron chi connectivity index (χ0n) is 6.69. The summed E-state index contributed by atoms with van der Waals surface area (Å²) in [7, 11) is 0. The van der Waals surface area contributed by atoms with Gasteiger partial charge in [-0.3, -0.25) is 14.8 Å². The number of carbonyl (C=O) groups is 1. The maximum atomic E-state index is 11.3. The Labute approximate surface area is 73.9 Å². The van der Waals surface area contributed by atoms with E-state index in [1.807, 2.05) is 5.48 Å². The molecule has 4 N–H and O–H groups in total. The molecule has 2 aliphatic heterocycles. The molecule has 0 aromatic carbocycles. The van der Waals surface area contributed by atoms with Crippen LogP contribution in [0.25, 0.3) is 0 Å². The van der Waals surface area contributed by atoms with Gasteiger partial charge in [-0.25, -0.2) is 0 Å². The van der Waals surface area contributed by atoms with Crippen LogP contribution < -0.4 is 16.1 Å². The largest absolute Gasteiger partial charge is 0.338 e. The minimum Gasteiger partial charge on any atom is -0.338 e. The number of hydrogen-bond donors (Lipinski definition) is 4. The smallest absolute Gasteiger partial charge is 0.255 e. The van der Waals surface area contributed by atoms with Gasteiger partial charge in [0.15, 0.2) is 12.3 Å². The van der Waals surface area contributed by atoms with Gasteiger partial charge in [0.05, 0.1) is 6.54 Å². The summed E-state index contributed by atoms with van der Waals surface area (Å²) >= 11 is 0. The van der Waals surface area contributed by atoms with Gasteiger partial charge in [-0.1, -0.05) is 0 Å². The molecule has 0 aromatic rings. The molecule has 1 amide bonds. The van der Waals surface area contributed by atoms with E-state index < -0.39 is 12.3 Å². The second-order valence-corrected chi connectivity index (χ2v) is 2.68. The Morgan fingerprint density at radius 1 is 1.62 bits per heavy atom. The molecule has 0 spiro atoms. The first-order valence-corrected chi connectivity index (χ1v) is 3.84. The molecule has 70 valence electrons. The van der Waals surface area contributed by atoms with Crippen molar-refractivity contribution in [3.05, 3.63) is 0 Å². The molecule has 2 heterocycles. The number of amides is 1. The lowest BCUT2D eigenvalue weighted by atomic mass is 10.2. The number of hydroxylamine groups is 1. The second kappa shape index (κ2) is 3.11. The van der Waals surface area contributed by atoms with Crippen LogP contribution in [-0.4, -0.2) is 42.0 Å². The Kier molecular flexibility index (Phi) is 1.95. The Morgan fingerprint density at radius 2 is 2.46 bits per heavy atom. The lowest BCUT2D eigenvalue weighted by molar-refractivity contribution is -0.123. The number of nitrogens with one attached hydrogen (secondary N) is 3. The highest BCUT2D eigenvalue weighted by molar-refractivity contribution is 6.11. The average Bonchev–Trinajstić information content (AvgIpc) is 2.18. The molecule has 13 heavy (non-hydrogen) atoms. The first-order chi connectivity index (χ1) is 6.31. The first-order valence-electron chi connectivity index (χ1n) is 3.84. The molecule has 0 saturated carbocycles. The topological polar surface area (TPSA) is 98.1 Å². The van der Waals surface area contributed by atoms with E-state index in [1.54, 1.807) is 6.21 Å². The molecule has 0 aliphatic carbocycles. The summed E-state index contributed by atoms with van der Waals surface area (Å²) in [5, 5.41) is 13.8. The molecule has 1 fully saturated rings. The molecule has 1 saturated heterocycles. The van der Waals surface area contributed by atoms with Gasteiger partial charge in [0.2, 0.25) is 0 Å². The van der Waals surface area contributed by atoms with Gasteiger partial charge in [-0.15, -0.1) is 0 Å². The normalized spacial score (nSPS) is 31.5. The van der Waals surface area contributed by atoms with Crippen molar-refractivity contribution in [3.8, 4) is 0 Å². The van der Waals surface area contributed by atoms with Crippen LogP contribution in [-0.2, 0) is 4.79 Å². The van der Waals surface area contributed by atoms with Gasteiger partial charge >= 0.3 is 0 Å². The van der Waals surface area contributed by atoms with Crippen LogP contribution in [0, 0.1) is 0 Å². The van der Waals surface area contributed by atoms with Gasteiger partial charge in [-0.05, 0) is 0 Å². The van der Waals surface area contributed by atoms with Gasteiger partial charge in [0.25, 0.3) is 5.91 Å². The molecule has 2 unspecified atom stereocenters. The monoisotopic (exact) mass is 183 g/mol. The molecule has 2 rings (SSSR count). The Bertz CT molecular complexity index is 287. The average molecular weight is 183 g/mol. The van der Waals surface area contributed by atoms with Crippen molar-refractivity contribution in [2.45, 2.75) is 12.3 Å². The van der Waals surface area contributed by atoms with E-state index in [-0.39, 0.29) is 5.91 Å². The number of hydrogen-bond acceptors (Lipinski definition) is 6. The zero-order chi connectivity index (χ0) is 9.26. The van der Waals surface area contributed by atoms with Crippen LogP contribution in [0.1, 0.15) is 0 Å². The highest BCUT2D eigenvalue weighted by Gasteiger charge is 2.32. The number of rotatable bonds is 1. The summed E-state index contributed by atoms with van der Waals surface area (Å²) in [5.41, 5.74) is 1.89. The van der Waals surface area contributed by atoms with Crippen LogP contribution in [0.15, 0.2) is 9.98 Å². The molecule has 2 atom stereocenters. The number of carbonyl (C=O) groups excluding carboxylic acids is 1. The summed E-state index contributed by atoms with van der Waals surface area (Å²) in [5.74, 6) is 0.206. The summed E-state index contributed by atoms with van der Waals surface area (Å²) in [6.45, 7) is 0.463. The fourth-order valence-corrected chi connectivity index (χ4v) is 1.23. The SMILES string of the molecule is O=C1NC(NO)NC2=NCC=NC12. The third-order valence-electron chi connectivity index (χ3n) is 1.81. The van der Waals surface area contributed by atoms with Gasteiger partial charge < -0.3 is 15.8 Å². The standard InChI is InChI=1S/C6H9N5O2/c12-5-3-4(8-2-1-7-3)9-6(10-5)11-13/h1,3,6,11,13H,2H2,(H,8,9)(H,10,12). The Balaban J connectivity index is 2.17. The molecule has 0 bridgehead atoms. The van der Waals surface area contributed by atoms with Crippen molar-refractivity contribution >= 4 is 18.0 Å². The fraction of sp³-hybridized carbons (Fsp3) is 0.500. The van der Waals surface area contributed by atoms with Crippen molar-refractivity contribution < 1.29 is 10.0 Å². The maximum absolute atomic E-state index is 11.3. The molecule has 2 aliphatic rings. The van der Waals surface area contributed by atoms with E-state index in [0.29, 0.717) is 12.4 Å². The molecule has 0 aromatic heterocycles. The summed E-state index contributed by atoms with van der Waals surface area (Å²) in [6.07, 6.45) is 0.901. The molecule has 7 heteroatoms. The lowest BCUT2D eigenvalue weighted by Crippen LogP contribution is -2.66. The van der Waals surface area contributed by atoms with Gasteiger partial charge in [-0.2, -0.15) is 5.48 Å². The third-order valence-corrected chi connectivity index (χ3v) is 1.81. The van der Waals surface area contributed by atoms with E-state index in [0.717, 1.165) is 0 Å². The molecule has 0 radical (unpaired) electrons. The van der Waals surface area contributed by atoms with E-state index in [4.69, 9.17) is 5.21 Å².